The van der Waals surface area contributed by atoms with Crippen LogP contribution in [0.1, 0.15) is 38.2 Å². The monoisotopic (exact) mass is 304 g/mol. The third-order valence-corrected chi connectivity index (χ3v) is 4.94. The maximum Gasteiger partial charge on any atom is 0.160 e. The van der Waals surface area contributed by atoms with Crippen molar-refractivity contribution in [1.82, 2.24) is 0 Å². The van der Waals surface area contributed by atoms with Gasteiger partial charge in [-0.15, -0.1) is 0 Å². The van der Waals surface area contributed by atoms with Crippen molar-refractivity contribution in [2.75, 3.05) is 19.8 Å². The number of rotatable bonds is 4. The molecule has 0 atom stereocenters. The van der Waals surface area contributed by atoms with Crippen LogP contribution in [0.3, 0.4) is 0 Å². The first-order valence-corrected chi connectivity index (χ1v) is 8.63. The van der Waals surface area contributed by atoms with Gasteiger partial charge in [-0.25, -0.2) is 0 Å². The summed E-state index contributed by atoms with van der Waals surface area (Å²) >= 11 is 0. The van der Waals surface area contributed by atoms with Crippen LogP contribution in [0.4, 0.5) is 0 Å². The fraction of sp³-hybridized carbons (Fsp3) is 0.684. The second-order valence-electron chi connectivity index (χ2n) is 7.05. The molecule has 3 rings (SSSR count). The lowest BCUT2D eigenvalue weighted by Gasteiger charge is -2.37. The minimum Gasteiger partial charge on any atom is -0.493 e. The van der Waals surface area contributed by atoms with Crippen LogP contribution in [0, 0.1) is 24.7 Å². The second kappa shape index (κ2) is 7.47. The summed E-state index contributed by atoms with van der Waals surface area (Å²) in [7, 11) is 0. The molecule has 1 aromatic rings. The van der Waals surface area contributed by atoms with Gasteiger partial charge in [-0.3, -0.25) is 0 Å². The van der Waals surface area contributed by atoms with E-state index in [1.54, 1.807) is 0 Å². The Morgan fingerprint density at radius 3 is 2.27 bits per heavy atom. The summed E-state index contributed by atoms with van der Waals surface area (Å²) < 4.78 is 17.8. The summed E-state index contributed by atoms with van der Waals surface area (Å²) in [5.41, 5.74) is 1.25. The van der Waals surface area contributed by atoms with Gasteiger partial charge in [0.25, 0.3) is 0 Å². The van der Waals surface area contributed by atoms with Crippen LogP contribution in [0.2, 0.25) is 0 Å². The quantitative estimate of drug-likeness (QED) is 0.835. The molecule has 1 heterocycles. The minimum atomic E-state index is 0.0168. The van der Waals surface area contributed by atoms with Gasteiger partial charge in [-0.2, -0.15) is 0 Å². The van der Waals surface area contributed by atoms with Gasteiger partial charge in [0.1, 0.15) is 5.75 Å². The van der Waals surface area contributed by atoms with Gasteiger partial charge in [-0.1, -0.05) is 37.5 Å². The molecule has 0 unspecified atom stereocenters. The van der Waals surface area contributed by atoms with E-state index in [2.05, 4.69) is 26.0 Å². The molecule has 1 aromatic carbocycles. The zero-order valence-electron chi connectivity index (χ0n) is 13.8. The average molecular weight is 304 g/mol. The number of ether oxygens (including phenoxy) is 3. The maximum atomic E-state index is 5.97. The molecule has 0 amide bonds. The first kappa shape index (κ1) is 15.8. The highest BCUT2D eigenvalue weighted by molar-refractivity contribution is 5.26. The standard InChI is InChI=1S/C19H28O3/c1-14-3-7-17(8-4-14)19-21-12-16(13-22-19)11-20-18-9-5-15(2)6-10-18/h5-6,9-10,14,16-17,19H,3-4,7-8,11-13H2,1-2H3. The van der Waals surface area contributed by atoms with Crippen LogP contribution < -0.4 is 4.74 Å². The second-order valence-corrected chi connectivity index (χ2v) is 7.05. The minimum absolute atomic E-state index is 0.0168. The van der Waals surface area contributed by atoms with E-state index in [0.717, 1.165) is 24.9 Å². The Kier molecular flexibility index (Phi) is 5.37. The maximum absolute atomic E-state index is 5.97. The molecule has 3 nitrogen and oxygen atoms in total. The fourth-order valence-electron chi connectivity index (χ4n) is 3.33. The Morgan fingerprint density at radius 2 is 1.64 bits per heavy atom. The molecule has 2 aliphatic rings. The Morgan fingerprint density at radius 1 is 1.00 bits per heavy atom. The predicted molar refractivity (Wildman–Crippen MR) is 87.0 cm³/mol. The summed E-state index contributed by atoms with van der Waals surface area (Å²) in [6.07, 6.45) is 5.14. The molecule has 0 bridgehead atoms. The fourth-order valence-corrected chi connectivity index (χ4v) is 3.33. The summed E-state index contributed by atoms with van der Waals surface area (Å²) in [5, 5.41) is 0. The molecule has 22 heavy (non-hydrogen) atoms. The summed E-state index contributed by atoms with van der Waals surface area (Å²) in [5.74, 6) is 2.72. The Hall–Kier alpha value is -1.06. The highest BCUT2D eigenvalue weighted by Gasteiger charge is 2.31. The zero-order chi connectivity index (χ0) is 15.4. The van der Waals surface area contributed by atoms with E-state index >= 15 is 0 Å². The topological polar surface area (TPSA) is 27.7 Å². The number of hydrogen-bond acceptors (Lipinski definition) is 3. The Balaban J connectivity index is 1.39. The normalized spacial score (nSPS) is 32.6. The van der Waals surface area contributed by atoms with Crippen LogP contribution in [-0.2, 0) is 9.47 Å². The lowest BCUT2D eigenvalue weighted by molar-refractivity contribution is -0.231. The first-order valence-electron chi connectivity index (χ1n) is 8.63. The third kappa shape index (κ3) is 4.23. The molecule has 1 saturated heterocycles. The summed E-state index contributed by atoms with van der Waals surface area (Å²) in [4.78, 5) is 0. The largest absolute Gasteiger partial charge is 0.493 e. The zero-order valence-corrected chi connectivity index (χ0v) is 13.8. The summed E-state index contributed by atoms with van der Waals surface area (Å²) in [6.45, 7) is 6.60. The van der Waals surface area contributed by atoms with Crippen molar-refractivity contribution in [3.63, 3.8) is 0 Å². The van der Waals surface area contributed by atoms with Crippen LogP contribution in [-0.4, -0.2) is 26.1 Å². The van der Waals surface area contributed by atoms with Crippen LogP contribution in [0.5, 0.6) is 5.75 Å². The average Bonchev–Trinajstić information content (AvgIpc) is 2.56. The van der Waals surface area contributed by atoms with Gasteiger partial charge < -0.3 is 14.2 Å². The van der Waals surface area contributed by atoms with E-state index in [9.17, 15) is 0 Å². The van der Waals surface area contributed by atoms with E-state index in [1.807, 2.05) is 12.1 Å². The molecule has 1 aliphatic heterocycles. The van der Waals surface area contributed by atoms with E-state index in [-0.39, 0.29) is 6.29 Å². The molecule has 3 heteroatoms. The predicted octanol–water partition coefficient (Wildman–Crippen LogP) is 4.19. The highest BCUT2D eigenvalue weighted by atomic mass is 16.7. The molecular formula is C19H28O3. The Labute approximate surface area is 134 Å². The number of aryl methyl sites for hydroxylation is 1. The number of hydrogen-bond donors (Lipinski definition) is 0. The van der Waals surface area contributed by atoms with E-state index in [1.165, 1.54) is 31.2 Å². The lowest BCUT2D eigenvalue weighted by Crippen LogP contribution is -2.40. The van der Waals surface area contributed by atoms with Crippen molar-refractivity contribution >= 4 is 0 Å². The van der Waals surface area contributed by atoms with E-state index < -0.39 is 0 Å². The molecule has 122 valence electrons. The van der Waals surface area contributed by atoms with Gasteiger partial charge in [-0.05, 0) is 37.8 Å². The first-order chi connectivity index (χ1) is 10.7. The molecule has 2 fully saturated rings. The van der Waals surface area contributed by atoms with Crippen LogP contribution in [0.15, 0.2) is 24.3 Å². The molecule has 0 spiro atoms. The van der Waals surface area contributed by atoms with Gasteiger partial charge in [0.15, 0.2) is 6.29 Å². The van der Waals surface area contributed by atoms with Crippen molar-refractivity contribution in [2.45, 2.75) is 45.8 Å². The molecule has 0 radical (unpaired) electrons. The van der Waals surface area contributed by atoms with Crippen molar-refractivity contribution in [2.24, 2.45) is 17.8 Å². The van der Waals surface area contributed by atoms with Gasteiger partial charge in [0.2, 0.25) is 0 Å². The molecule has 0 N–H and O–H groups in total. The van der Waals surface area contributed by atoms with E-state index in [4.69, 9.17) is 14.2 Å². The Bertz CT molecular complexity index is 440. The molecule has 1 saturated carbocycles. The SMILES string of the molecule is Cc1ccc(OCC2COC(C3CCC(C)CC3)OC2)cc1. The van der Waals surface area contributed by atoms with Gasteiger partial charge in [0.05, 0.1) is 19.8 Å². The van der Waals surface area contributed by atoms with Crippen molar-refractivity contribution in [1.29, 1.82) is 0 Å². The molecule has 0 aromatic heterocycles. The smallest absolute Gasteiger partial charge is 0.160 e. The van der Waals surface area contributed by atoms with Gasteiger partial charge >= 0.3 is 0 Å². The number of benzene rings is 1. The van der Waals surface area contributed by atoms with Crippen LogP contribution in [0.25, 0.3) is 0 Å². The van der Waals surface area contributed by atoms with Crippen LogP contribution >= 0.6 is 0 Å². The van der Waals surface area contributed by atoms with Crippen molar-refractivity contribution < 1.29 is 14.2 Å². The van der Waals surface area contributed by atoms with Crippen molar-refractivity contribution in [3.05, 3.63) is 29.8 Å². The molecular weight excluding hydrogens is 276 g/mol. The third-order valence-electron chi connectivity index (χ3n) is 4.94. The van der Waals surface area contributed by atoms with E-state index in [0.29, 0.717) is 18.4 Å². The highest BCUT2D eigenvalue weighted by Crippen LogP contribution is 2.33. The summed E-state index contributed by atoms with van der Waals surface area (Å²) in [6, 6.07) is 8.18. The molecule has 1 aliphatic carbocycles. The van der Waals surface area contributed by atoms with Gasteiger partial charge in [0, 0.05) is 11.8 Å². The lowest BCUT2D eigenvalue weighted by atomic mass is 9.82. The van der Waals surface area contributed by atoms with Crippen molar-refractivity contribution in [3.8, 4) is 5.75 Å².